The van der Waals surface area contributed by atoms with Gasteiger partial charge in [-0.3, -0.25) is 14.4 Å². The van der Waals surface area contributed by atoms with Crippen LogP contribution in [0.15, 0.2) is 48.5 Å². The molecule has 0 saturated heterocycles. The molecule has 10 nitrogen and oxygen atoms in total. The van der Waals surface area contributed by atoms with Gasteiger partial charge in [-0.15, -0.1) is 0 Å². The minimum Gasteiger partial charge on any atom is -0.458 e. The van der Waals surface area contributed by atoms with E-state index in [1.807, 2.05) is 0 Å². The van der Waals surface area contributed by atoms with Crippen molar-refractivity contribution in [2.24, 2.45) is 5.73 Å². The van der Waals surface area contributed by atoms with Crippen LogP contribution in [0.25, 0.3) is 0 Å². The van der Waals surface area contributed by atoms with Gasteiger partial charge in [0.2, 0.25) is 0 Å². The SMILES string of the molecule is CCC(=O)Oc1ccc(C[C@H](N)C(=O)O[C@@H](C)COC(=O)Oc2ccccc2)cc1OC(=O)CC. The van der Waals surface area contributed by atoms with Crippen LogP contribution in [0.1, 0.15) is 39.2 Å². The van der Waals surface area contributed by atoms with E-state index in [4.69, 9.17) is 29.4 Å². The molecule has 2 aromatic rings. The Kier molecular flexibility index (Phi) is 10.7. The summed E-state index contributed by atoms with van der Waals surface area (Å²) >= 11 is 0. The normalized spacial score (nSPS) is 12.1. The summed E-state index contributed by atoms with van der Waals surface area (Å²) in [4.78, 5) is 47.5. The molecule has 0 aliphatic heterocycles. The molecule has 0 aliphatic carbocycles. The van der Waals surface area contributed by atoms with E-state index in [1.54, 1.807) is 57.2 Å². The zero-order valence-electron chi connectivity index (χ0n) is 19.9. The second-order valence-electron chi connectivity index (χ2n) is 7.47. The highest BCUT2D eigenvalue weighted by molar-refractivity contribution is 5.77. The van der Waals surface area contributed by atoms with Gasteiger partial charge in [0, 0.05) is 12.8 Å². The Bertz CT molecular complexity index is 1020. The molecule has 0 aromatic heterocycles. The van der Waals surface area contributed by atoms with Gasteiger partial charge in [0.25, 0.3) is 0 Å². The molecule has 2 N–H and O–H groups in total. The monoisotopic (exact) mass is 487 g/mol. The van der Waals surface area contributed by atoms with Crippen LogP contribution in [0.2, 0.25) is 0 Å². The molecule has 0 bridgehead atoms. The molecule has 2 atom stereocenters. The molecule has 35 heavy (non-hydrogen) atoms. The summed E-state index contributed by atoms with van der Waals surface area (Å²) in [6.45, 7) is 4.58. The van der Waals surface area contributed by atoms with Crippen LogP contribution in [0.4, 0.5) is 4.79 Å². The molecule has 0 heterocycles. The van der Waals surface area contributed by atoms with Crippen molar-refractivity contribution in [2.75, 3.05) is 6.61 Å². The third-order valence-corrected chi connectivity index (χ3v) is 4.49. The van der Waals surface area contributed by atoms with Crippen molar-refractivity contribution in [3.8, 4) is 17.2 Å². The van der Waals surface area contributed by atoms with E-state index in [2.05, 4.69) is 0 Å². The summed E-state index contributed by atoms with van der Waals surface area (Å²) in [6.07, 6.45) is -1.38. The lowest BCUT2D eigenvalue weighted by atomic mass is 10.1. The number of rotatable bonds is 11. The average molecular weight is 488 g/mol. The molecule has 0 saturated carbocycles. The maximum absolute atomic E-state index is 12.4. The summed E-state index contributed by atoms with van der Waals surface area (Å²) in [5.74, 6) is -1.26. The quantitative estimate of drug-likeness (QED) is 0.285. The Morgan fingerprint density at radius 1 is 0.857 bits per heavy atom. The van der Waals surface area contributed by atoms with E-state index in [0.29, 0.717) is 11.3 Å². The van der Waals surface area contributed by atoms with Gasteiger partial charge in [-0.05, 0) is 43.2 Å². The number of hydrogen-bond donors (Lipinski definition) is 1. The second kappa shape index (κ2) is 13.7. The maximum atomic E-state index is 12.4. The van der Waals surface area contributed by atoms with Gasteiger partial charge in [-0.25, -0.2) is 4.79 Å². The lowest BCUT2D eigenvalue weighted by molar-refractivity contribution is -0.151. The van der Waals surface area contributed by atoms with Gasteiger partial charge in [0.05, 0.1) is 0 Å². The highest BCUT2D eigenvalue weighted by Gasteiger charge is 2.21. The summed E-state index contributed by atoms with van der Waals surface area (Å²) < 4.78 is 25.6. The molecule has 2 rings (SSSR count). The fourth-order valence-corrected chi connectivity index (χ4v) is 2.69. The van der Waals surface area contributed by atoms with Crippen LogP contribution in [0, 0.1) is 0 Å². The van der Waals surface area contributed by atoms with E-state index in [0.717, 1.165) is 0 Å². The van der Waals surface area contributed by atoms with E-state index >= 15 is 0 Å². The van der Waals surface area contributed by atoms with Crippen LogP contribution < -0.4 is 19.9 Å². The molecular weight excluding hydrogens is 458 g/mol. The molecule has 0 radical (unpaired) electrons. The Morgan fingerprint density at radius 3 is 2.11 bits per heavy atom. The number of carbonyl (C=O) groups excluding carboxylic acids is 4. The van der Waals surface area contributed by atoms with E-state index in [9.17, 15) is 19.2 Å². The Labute approximate surface area is 203 Å². The third-order valence-electron chi connectivity index (χ3n) is 4.49. The summed E-state index contributed by atoms with van der Waals surface area (Å²) in [5, 5.41) is 0. The molecular formula is C25H29NO9. The number of benzene rings is 2. The van der Waals surface area contributed by atoms with Crippen molar-refractivity contribution in [2.45, 2.75) is 52.2 Å². The smallest absolute Gasteiger partial charge is 0.458 e. The van der Waals surface area contributed by atoms with Gasteiger partial charge in [-0.2, -0.15) is 0 Å². The van der Waals surface area contributed by atoms with Crippen LogP contribution in [-0.2, 0) is 30.3 Å². The van der Waals surface area contributed by atoms with Crippen molar-refractivity contribution in [3.05, 3.63) is 54.1 Å². The molecule has 10 heteroatoms. The number of ether oxygens (including phenoxy) is 5. The van der Waals surface area contributed by atoms with Crippen molar-refractivity contribution >= 4 is 24.1 Å². The van der Waals surface area contributed by atoms with E-state index < -0.39 is 36.2 Å². The fraction of sp³-hybridized carbons (Fsp3) is 0.360. The van der Waals surface area contributed by atoms with E-state index in [-0.39, 0.29) is 37.4 Å². The molecule has 0 unspecified atom stereocenters. The Hall–Kier alpha value is -3.92. The van der Waals surface area contributed by atoms with Gasteiger partial charge < -0.3 is 29.4 Å². The van der Waals surface area contributed by atoms with Crippen molar-refractivity contribution in [1.82, 2.24) is 0 Å². The average Bonchev–Trinajstić information content (AvgIpc) is 2.84. The topological polar surface area (TPSA) is 140 Å². The minimum absolute atomic E-state index is 0.0513. The first-order chi connectivity index (χ1) is 16.7. The third kappa shape index (κ3) is 9.46. The number of para-hydroxylation sites is 1. The van der Waals surface area contributed by atoms with Crippen molar-refractivity contribution in [3.63, 3.8) is 0 Å². The minimum atomic E-state index is -1.05. The molecule has 0 amide bonds. The Morgan fingerprint density at radius 2 is 1.49 bits per heavy atom. The van der Waals surface area contributed by atoms with Crippen molar-refractivity contribution in [1.29, 1.82) is 0 Å². The molecule has 188 valence electrons. The maximum Gasteiger partial charge on any atom is 0.513 e. The number of carbonyl (C=O) groups is 4. The molecule has 0 aliphatic rings. The molecule has 0 spiro atoms. The second-order valence-corrected chi connectivity index (χ2v) is 7.47. The number of esters is 3. The van der Waals surface area contributed by atoms with Crippen LogP contribution in [0.5, 0.6) is 17.2 Å². The first-order valence-electron chi connectivity index (χ1n) is 11.1. The largest absolute Gasteiger partial charge is 0.513 e. The lowest BCUT2D eigenvalue weighted by Crippen LogP contribution is -2.37. The van der Waals surface area contributed by atoms with Gasteiger partial charge in [-0.1, -0.05) is 38.1 Å². The summed E-state index contributed by atoms with van der Waals surface area (Å²) in [6, 6.07) is 11.9. The van der Waals surface area contributed by atoms with E-state index in [1.165, 1.54) is 12.1 Å². The van der Waals surface area contributed by atoms with Crippen LogP contribution in [0.3, 0.4) is 0 Å². The molecule has 0 fully saturated rings. The fourth-order valence-electron chi connectivity index (χ4n) is 2.69. The summed E-state index contributed by atoms with van der Waals surface area (Å²) in [5.41, 5.74) is 6.53. The lowest BCUT2D eigenvalue weighted by Gasteiger charge is -2.17. The Balaban J connectivity index is 1.91. The first kappa shape index (κ1) is 27.3. The highest BCUT2D eigenvalue weighted by atomic mass is 16.7. The van der Waals surface area contributed by atoms with Crippen LogP contribution >= 0.6 is 0 Å². The predicted molar refractivity (Wildman–Crippen MR) is 124 cm³/mol. The van der Waals surface area contributed by atoms with Gasteiger partial charge in [0.1, 0.15) is 24.5 Å². The van der Waals surface area contributed by atoms with Gasteiger partial charge in [0.15, 0.2) is 11.5 Å². The predicted octanol–water partition coefficient (Wildman–Crippen LogP) is 3.33. The number of hydrogen-bond acceptors (Lipinski definition) is 10. The zero-order valence-corrected chi connectivity index (χ0v) is 19.9. The molecule has 2 aromatic carbocycles. The van der Waals surface area contributed by atoms with Crippen LogP contribution in [-0.4, -0.2) is 42.8 Å². The van der Waals surface area contributed by atoms with Crippen molar-refractivity contribution < 1.29 is 42.9 Å². The zero-order chi connectivity index (χ0) is 25.8. The standard InChI is InChI=1S/C25H29NO9/c1-4-22(27)34-20-12-11-17(14-21(20)35-23(28)5-2)13-19(26)24(29)32-16(3)15-31-25(30)33-18-9-7-6-8-10-18/h6-12,14,16,19H,4-5,13,15,26H2,1-3H3/t16-,19-/m0/s1. The first-order valence-corrected chi connectivity index (χ1v) is 11.1. The highest BCUT2D eigenvalue weighted by Crippen LogP contribution is 2.30. The van der Waals surface area contributed by atoms with Gasteiger partial charge >= 0.3 is 24.1 Å². The summed E-state index contributed by atoms with van der Waals surface area (Å²) in [7, 11) is 0. The number of nitrogens with two attached hydrogens (primary N) is 1.